The van der Waals surface area contributed by atoms with Crippen LogP contribution in [0.1, 0.15) is 11.1 Å². The lowest BCUT2D eigenvalue weighted by Gasteiger charge is -2.09. The first-order valence-corrected chi connectivity index (χ1v) is 11.8. The lowest BCUT2D eigenvalue weighted by atomic mass is 10.2. The van der Waals surface area contributed by atoms with E-state index in [0.29, 0.717) is 5.69 Å². The fraction of sp³-hybridized carbons (Fsp3) is 0.0385. The topological polar surface area (TPSA) is 79.8 Å². The van der Waals surface area contributed by atoms with Gasteiger partial charge in [0.1, 0.15) is 11.5 Å². The van der Waals surface area contributed by atoms with Gasteiger partial charge in [-0.3, -0.25) is 10.1 Å². The molecule has 4 aromatic rings. The molecule has 7 heteroatoms. The van der Waals surface area contributed by atoms with E-state index in [1.54, 1.807) is 54.7 Å². The minimum Gasteiger partial charge on any atom is -0.457 e. The van der Waals surface area contributed by atoms with Gasteiger partial charge in [-0.2, -0.15) is 5.10 Å². The number of nitrogens with zero attached hydrogens (tertiary/aromatic N) is 1. The van der Waals surface area contributed by atoms with Gasteiger partial charge < -0.3 is 4.74 Å². The largest absolute Gasteiger partial charge is 0.457 e. The van der Waals surface area contributed by atoms with Crippen LogP contribution in [0.5, 0.6) is 11.5 Å². The first-order valence-electron chi connectivity index (χ1n) is 10.3. The molecule has 0 bridgehead atoms. The molecule has 0 aliphatic carbocycles. The summed E-state index contributed by atoms with van der Waals surface area (Å²) < 4.78 is 33.4. The Labute approximate surface area is 193 Å². The number of hydrazone groups is 1. The second-order valence-electron chi connectivity index (χ2n) is 7.35. The summed E-state index contributed by atoms with van der Waals surface area (Å²) in [6, 6.07) is 30.7. The molecule has 0 aliphatic heterocycles. The summed E-state index contributed by atoms with van der Waals surface area (Å²) in [5, 5.41) is 4.25. The van der Waals surface area contributed by atoms with E-state index in [-0.39, 0.29) is 4.90 Å². The first kappa shape index (κ1) is 22.1. The number of sulfonamides is 1. The average Bonchev–Trinajstić information content (AvgIpc) is 2.81. The normalized spacial score (nSPS) is 11.3. The number of nitrogens with one attached hydrogen (secondary N) is 2. The van der Waals surface area contributed by atoms with Crippen LogP contribution in [0.2, 0.25) is 0 Å². The van der Waals surface area contributed by atoms with E-state index in [9.17, 15) is 8.42 Å². The van der Waals surface area contributed by atoms with E-state index in [2.05, 4.69) is 15.2 Å². The van der Waals surface area contributed by atoms with Gasteiger partial charge in [0.2, 0.25) is 0 Å². The van der Waals surface area contributed by atoms with E-state index in [1.807, 2.05) is 61.5 Å². The predicted octanol–water partition coefficient (Wildman–Crippen LogP) is 6.03. The number of anilines is 2. The Morgan fingerprint density at radius 2 is 1.42 bits per heavy atom. The van der Waals surface area contributed by atoms with Gasteiger partial charge in [0.25, 0.3) is 10.0 Å². The van der Waals surface area contributed by atoms with E-state index in [0.717, 1.165) is 28.3 Å². The summed E-state index contributed by atoms with van der Waals surface area (Å²) in [5.74, 6) is 1.48. The summed E-state index contributed by atoms with van der Waals surface area (Å²) in [7, 11) is -3.63. The van der Waals surface area contributed by atoms with Crippen molar-refractivity contribution in [2.75, 3.05) is 10.1 Å². The zero-order chi connectivity index (χ0) is 23.1. The molecule has 0 unspecified atom stereocenters. The molecule has 0 aromatic heterocycles. The minimum atomic E-state index is -3.63. The van der Waals surface area contributed by atoms with Crippen LogP contribution in [0.15, 0.2) is 113 Å². The Bertz CT molecular complexity index is 1340. The van der Waals surface area contributed by atoms with E-state index in [4.69, 9.17) is 4.74 Å². The molecule has 0 radical (unpaired) electrons. The van der Waals surface area contributed by atoms with Gasteiger partial charge in [0, 0.05) is 5.69 Å². The fourth-order valence-electron chi connectivity index (χ4n) is 3.01. The van der Waals surface area contributed by atoms with E-state index in [1.165, 1.54) is 0 Å². The van der Waals surface area contributed by atoms with Gasteiger partial charge in [-0.25, -0.2) is 8.42 Å². The van der Waals surface area contributed by atoms with Crippen molar-refractivity contribution in [2.45, 2.75) is 11.8 Å². The fourth-order valence-corrected chi connectivity index (χ4v) is 4.07. The van der Waals surface area contributed by atoms with Crippen LogP contribution in [0.3, 0.4) is 0 Å². The summed E-state index contributed by atoms with van der Waals surface area (Å²) in [4.78, 5) is 0.221. The number of rotatable bonds is 8. The highest BCUT2D eigenvalue weighted by Crippen LogP contribution is 2.22. The Morgan fingerprint density at radius 1 is 0.758 bits per heavy atom. The SMILES string of the molecule is Cc1ccc(S(=O)(=O)Nc2ccc(N/N=C/c3cccc(Oc4ccccc4)c3)cc2)cc1. The third kappa shape index (κ3) is 6.21. The summed E-state index contributed by atoms with van der Waals surface area (Å²) in [5.41, 5.74) is 6.01. The van der Waals surface area contributed by atoms with Crippen LogP contribution >= 0.6 is 0 Å². The molecule has 6 nitrogen and oxygen atoms in total. The van der Waals surface area contributed by atoms with Crippen LogP contribution in [0.25, 0.3) is 0 Å². The molecule has 4 aromatic carbocycles. The highest BCUT2D eigenvalue weighted by molar-refractivity contribution is 7.92. The molecule has 33 heavy (non-hydrogen) atoms. The van der Waals surface area contributed by atoms with Crippen molar-refractivity contribution in [3.8, 4) is 11.5 Å². The Hall–Kier alpha value is -4.10. The third-order valence-electron chi connectivity index (χ3n) is 4.71. The molecule has 0 saturated carbocycles. The quantitative estimate of drug-likeness (QED) is 0.250. The van der Waals surface area contributed by atoms with Crippen molar-refractivity contribution in [3.05, 3.63) is 114 Å². The molecular weight excluding hydrogens is 434 g/mol. The second kappa shape index (κ2) is 10.0. The molecule has 4 rings (SSSR count). The van der Waals surface area contributed by atoms with Crippen molar-refractivity contribution < 1.29 is 13.2 Å². The van der Waals surface area contributed by atoms with E-state index < -0.39 is 10.0 Å². The highest BCUT2D eigenvalue weighted by atomic mass is 32.2. The number of aryl methyl sites for hydroxylation is 1. The summed E-state index contributed by atoms with van der Waals surface area (Å²) >= 11 is 0. The summed E-state index contributed by atoms with van der Waals surface area (Å²) in [6.45, 7) is 1.91. The maximum Gasteiger partial charge on any atom is 0.261 e. The molecule has 0 fully saturated rings. The second-order valence-corrected chi connectivity index (χ2v) is 9.04. The van der Waals surface area contributed by atoms with Gasteiger partial charge in [0.05, 0.1) is 16.8 Å². The average molecular weight is 458 g/mol. The molecule has 0 aliphatic rings. The molecule has 166 valence electrons. The smallest absolute Gasteiger partial charge is 0.261 e. The third-order valence-corrected chi connectivity index (χ3v) is 6.11. The number of para-hydroxylation sites is 1. The van der Waals surface area contributed by atoms with Gasteiger partial charge >= 0.3 is 0 Å². The Morgan fingerprint density at radius 3 is 2.15 bits per heavy atom. The zero-order valence-corrected chi connectivity index (χ0v) is 18.8. The van der Waals surface area contributed by atoms with E-state index >= 15 is 0 Å². The molecule has 0 spiro atoms. The number of ether oxygens (including phenoxy) is 1. The molecule has 0 saturated heterocycles. The Kier molecular flexibility index (Phi) is 6.71. The van der Waals surface area contributed by atoms with Crippen molar-refractivity contribution in [1.29, 1.82) is 0 Å². The predicted molar refractivity (Wildman–Crippen MR) is 133 cm³/mol. The van der Waals surface area contributed by atoms with Crippen molar-refractivity contribution in [3.63, 3.8) is 0 Å². The lowest BCUT2D eigenvalue weighted by Crippen LogP contribution is -2.12. The maximum absolute atomic E-state index is 12.5. The van der Waals surface area contributed by atoms with Crippen molar-refractivity contribution >= 4 is 27.6 Å². The number of hydrogen-bond acceptors (Lipinski definition) is 5. The van der Waals surface area contributed by atoms with Crippen LogP contribution in [-0.4, -0.2) is 14.6 Å². The lowest BCUT2D eigenvalue weighted by molar-refractivity contribution is 0.482. The molecule has 0 heterocycles. The van der Waals surface area contributed by atoms with Crippen LogP contribution < -0.4 is 14.9 Å². The van der Waals surface area contributed by atoms with Gasteiger partial charge in [-0.1, -0.05) is 48.0 Å². The van der Waals surface area contributed by atoms with Gasteiger partial charge in [-0.15, -0.1) is 0 Å². The maximum atomic E-state index is 12.5. The molecular formula is C26H23N3O3S. The molecule has 0 amide bonds. The standard InChI is InChI=1S/C26H23N3O3S/c1-20-10-16-26(17-11-20)33(30,31)29-23-14-12-22(13-15-23)28-27-19-21-6-5-9-25(18-21)32-24-7-3-2-4-8-24/h2-19,28-29H,1H3/b27-19+. The van der Waals surface area contributed by atoms with Crippen molar-refractivity contribution in [2.24, 2.45) is 5.10 Å². The number of benzene rings is 4. The summed E-state index contributed by atoms with van der Waals surface area (Å²) in [6.07, 6.45) is 1.69. The molecule has 2 N–H and O–H groups in total. The Balaban J connectivity index is 1.36. The van der Waals surface area contributed by atoms with Crippen LogP contribution in [0.4, 0.5) is 11.4 Å². The number of hydrogen-bond donors (Lipinski definition) is 2. The zero-order valence-electron chi connectivity index (χ0n) is 18.0. The van der Waals surface area contributed by atoms with Crippen LogP contribution in [0, 0.1) is 6.92 Å². The van der Waals surface area contributed by atoms with Crippen LogP contribution in [-0.2, 0) is 10.0 Å². The monoisotopic (exact) mass is 457 g/mol. The highest BCUT2D eigenvalue weighted by Gasteiger charge is 2.13. The molecule has 0 atom stereocenters. The van der Waals surface area contributed by atoms with Gasteiger partial charge in [0.15, 0.2) is 0 Å². The minimum absolute atomic E-state index is 0.221. The first-order chi connectivity index (χ1) is 16.0. The van der Waals surface area contributed by atoms with Crippen molar-refractivity contribution in [1.82, 2.24) is 0 Å². The van der Waals surface area contributed by atoms with Gasteiger partial charge in [-0.05, 0) is 73.2 Å².